The Labute approximate surface area is 341 Å². The van der Waals surface area contributed by atoms with Crippen LogP contribution in [0.2, 0.25) is 0 Å². The van der Waals surface area contributed by atoms with Crippen molar-refractivity contribution in [2.45, 2.75) is 78.4 Å². The van der Waals surface area contributed by atoms with E-state index in [-0.39, 0.29) is 19.7 Å². The average molecular weight is 844 g/mol. The van der Waals surface area contributed by atoms with E-state index in [0.717, 1.165) is 52.2 Å². The summed E-state index contributed by atoms with van der Waals surface area (Å²) in [5, 5.41) is 22.0. The van der Waals surface area contributed by atoms with Crippen LogP contribution < -0.4 is 16.5 Å². The molecular weight excluding hydrogens is 795 g/mol. The smallest absolute Gasteiger partial charge is 0.444 e. The van der Waals surface area contributed by atoms with E-state index in [4.69, 9.17) is 19.8 Å². The normalized spacial score (nSPS) is 14.2. The monoisotopic (exact) mass is 842 g/mol. The summed E-state index contributed by atoms with van der Waals surface area (Å²) in [5.41, 5.74) is 10.8. The van der Waals surface area contributed by atoms with Crippen molar-refractivity contribution in [1.29, 1.82) is 0 Å². The minimum atomic E-state index is -0.495. The number of amides is 1. The number of rotatable bonds is 7. The highest BCUT2D eigenvalue weighted by Gasteiger charge is 2.51. The maximum Gasteiger partial charge on any atom is 0.494 e. The highest BCUT2D eigenvalue weighted by atomic mass is 79.9. The van der Waals surface area contributed by atoms with Gasteiger partial charge < -0.3 is 25.1 Å². The molecular formula is C41H48BBrN6O4S2. The summed E-state index contributed by atoms with van der Waals surface area (Å²) in [6.45, 7) is 14.6. The Bertz CT molecular complexity index is 2100. The van der Waals surface area contributed by atoms with Gasteiger partial charge in [-0.2, -0.15) is 0 Å². The average Bonchev–Trinajstić information content (AvgIpc) is 3.89. The molecule has 55 heavy (non-hydrogen) atoms. The summed E-state index contributed by atoms with van der Waals surface area (Å²) in [5.74, 6) is 0. The zero-order valence-corrected chi connectivity index (χ0v) is 35.3. The van der Waals surface area contributed by atoms with Crippen LogP contribution in [0.1, 0.15) is 61.0 Å². The van der Waals surface area contributed by atoms with Crippen molar-refractivity contribution >= 4 is 57.3 Å². The van der Waals surface area contributed by atoms with E-state index in [1.807, 2.05) is 158 Å². The Balaban J connectivity index is 0.000000194. The van der Waals surface area contributed by atoms with Crippen LogP contribution in [0, 0.1) is 0 Å². The van der Waals surface area contributed by atoms with Gasteiger partial charge in [0.1, 0.15) is 20.6 Å². The zero-order chi connectivity index (χ0) is 39.6. The maximum absolute atomic E-state index is 11.7. The topological polar surface area (TPSA) is 134 Å². The van der Waals surface area contributed by atoms with Gasteiger partial charge in [0.25, 0.3) is 0 Å². The SMILES string of the molecule is Brc1nnc(-c2ccccc2)s1.CC(C)(C)OC(=O)NCc1ccc(B2OC(C)(C)C(C)(C)O2)cc1.NCc1ccc(-c2nnc(-c3ccccc3)s2)cc1.[HH]. The van der Waals surface area contributed by atoms with Gasteiger partial charge in [-0.05, 0) is 81.0 Å². The standard InChI is InChI=1S/C18H28BNO4.C15H13N3S.C8H5BrN2S.H2/c1-16(2,3)22-15(21)20-12-13-8-10-14(11-9-13)19-23-17(4,5)18(6,7)24-19;16-10-11-6-8-13(9-7-11)15-18-17-14(19-15)12-4-2-1-3-5-12;9-8-11-10-7(12-8)6-4-2-1-3-5-6;/h8-11H,12H2,1-7H3,(H,20,21);1-9H,10,16H2;1-5H;1H. The zero-order valence-electron chi connectivity index (χ0n) is 32.1. The van der Waals surface area contributed by atoms with Gasteiger partial charge in [-0.1, -0.05) is 132 Å². The van der Waals surface area contributed by atoms with Crippen LogP contribution >= 0.6 is 38.6 Å². The summed E-state index contributed by atoms with van der Waals surface area (Å²) in [6, 6.07) is 36.1. The molecule has 14 heteroatoms. The van der Waals surface area contributed by atoms with Gasteiger partial charge in [0.15, 0.2) is 3.92 Å². The number of benzene rings is 4. The Morgan fingerprint density at radius 3 is 1.64 bits per heavy atom. The number of hydrogen-bond acceptors (Lipinski definition) is 11. The predicted octanol–water partition coefficient (Wildman–Crippen LogP) is 9.55. The molecule has 1 aliphatic heterocycles. The minimum Gasteiger partial charge on any atom is -0.444 e. The van der Waals surface area contributed by atoms with Crippen molar-refractivity contribution in [3.05, 3.63) is 124 Å². The maximum atomic E-state index is 11.7. The molecule has 0 unspecified atom stereocenters. The van der Waals surface area contributed by atoms with Crippen LogP contribution in [0.4, 0.5) is 4.79 Å². The fraction of sp³-hybridized carbons (Fsp3) is 0.293. The van der Waals surface area contributed by atoms with Crippen LogP contribution in [0.3, 0.4) is 0 Å². The first-order chi connectivity index (χ1) is 26.1. The Morgan fingerprint density at radius 1 is 0.727 bits per heavy atom. The van der Waals surface area contributed by atoms with E-state index in [1.165, 1.54) is 11.3 Å². The third-order valence-corrected chi connectivity index (χ3v) is 11.1. The van der Waals surface area contributed by atoms with E-state index in [1.54, 1.807) is 11.3 Å². The molecule has 0 radical (unpaired) electrons. The van der Waals surface area contributed by atoms with Gasteiger partial charge >= 0.3 is 13.2 Å². The number of hydrogen-bond donors (Lipinski definition) is 2. The number of nitrogens with zero attached hydrogens (tertiary/aromatic N) is 4. The fourth-order valence-corrected chi connectivity index (χ4v) is 6.95. The van der Waals surface area contributed by atoms with Gasteiger partial charge in [0.2, 0.25) is 0 Å². The first-order valence-corrected chi connectivity index (χ1v) is 20.2. The number of carbonyl (C=O) groups is 1. The lowest BCUT2D eigenvalue weighted by Crippen LogP contribution is -2.41. The first kappa shape index (κ1) is 41.8. The van der Waals surface area contributed by atoms with Crippen LogP contribution in [0.5, 0.6) is 0 Å². The van der Waals surface area contributed by atoms with E-state index in [2.05, 4.69) is 41.6 Å². The fourth-order valence-electron chi connectivity index (χ4n) is 4.98. The third-order valence-electron chi connectivity index (χ3n) is 8.64. The molecule has 3 heterocycles. The Morgan fingerprint density at radius 2 is 1.18 bits per heavy atom. The number of aromatic nitrogens is 4. The predicted molar refractivity (Wildman–Crippen MR) is 229 cm³/mol. The van der Waals surface area contributed by atoms with Crippen molar-refractivity contribution in [2.75, 3.05) is 0 Å². The van der Waals surface area contributed by atoms with Crippen molar-refractivity contribution in [1.82, 2.24) is 25.7 Å². The van der Waals surface area contributed by atoms with Gasteiger partial charge in [0.05, 0.1) is 11.2 Å². The first-order valence-electron chi connectivity index (χ1n) is 17.8. The largest absolute Gasteiger partial charge is 0.494 e. The van der Waals surface area contributed by atoms with E-state index < -0.39 is 11.7 Å². The molecule has 4 aromatic carbocycles. The quantitative estimate of drug-likeness (QED) is 0.151. The minimum absolute atomic E-state index is 0. The van der Waals surface area contributed by atoms with Crippen molar-refractivity contribution in [3.63, 3.8) is 0 Å². The molecule has 1 aliphatic rings. The highest BCUT2D eigenvalue weighted by molar-refractivity contribution is 9.11. The van der Waals surface area contributed by atoms with Crippen LogP contribution in [0.25, 0.3) is 31.7 Å². The molecule has 3 N–H and O–H groups in total. The van der Waals surface area contributed by atoms with E-state index >= 15 is 0 Å². The molecule has 1 saturated heterocycles. The molecule has 0 bridgehead atoms. The molecule has 7 rings (SSSR count). The molecule has 0 spiro atoms. The summed E-state index contributed by atoms with van der Waals surface area (Å²) < 4.78 is 18.1. The molecule has 0 saturated carbocycles. The molecule has 0 atom stereocenters. The summed E-state index contributed by atoms with van der Waals surface area (Å²) in [6.07, 6.45) is -0.419. The lowest BCUT2D eigenvalue weighted by Gasteiger charge is -2.32. The number of ether oxygens (including phenoxy) is 1. The second kappa shape index (κ2) is 18.6. The Kier molecular flexibility index (Phi) is 14.1. The number of nitrogens with two attached hydrogens (primary N) is 1. The molecule has 0 aliphatic carbocycles. The second-order valence-electron chi connectivity index (χ2n) is 14.6. The van der Waals surface area contributed by atoms with Crippen molar-refractivity contribution < 1.29 is 20.3 Å². The van der Waals surface area contributed by atoms with Crippen molar-refractivity contribution in [3.8, 4) is 31.7 Å². The van der Waals surface area contributed by atoms with Gasteiger partial charge in [-0.25, -0.2) is 4.79 Å². The van der Waals surface area contributed by atoms with Crippen LogP contribution in [-0.2, 0) is 27.1 Å². The number of carbonyl (C=O) groups excluding carboxylic acids is 1. The molecule has 288 valence electrons. The molecule has 1 fully saturated rings. The lowest BCUT2D eigenvalue weighted by molar-refractivity contribution is 0.00578. The van der Waals surface area contributed by atoms with E-state index in [0.29, 0.717) is 13.1 Å². The van der Waals surface area contributed by atoms with Gasteiger partial charge in [0, 0.05) is 31.2 Å². The molecule has 2 aromatic heterocycles. The van der Waals surface area contributed by atoms with E-state index in [9.17, 15) is 4.79 Å². The summed E-state index contributed by atoms with van der Waals surface area (Å²) >= 11 is 6.41. The van der Waals surface area contributed by atoms with Crippen LogP contribution in [0.15, 0.2) is 113 Å². The van der Waals surface area contributed by atoms with Crippen LogP contribution in [-0.4, -0.2) is 50.4 Å². The van der Waals surface area contributed by atoms with Crippen molar-refractivity contribution in [2.24, 2.45) is 5.73 Å². The van der Waals surface area contributed by atoms with Gasteiger partial charge in [-0.15, -0.1) is 20.4 Å². The number of alkyl carbamates (subject to hydrolysis) is 1. The molecule has 6 aromatic rings. The highest BCUT2D eigenvalue weighted by Crippen LogP contribution is 2.36. The number of halogens is 1. The number of nitrogens with one attached hydrogen (secondary N) is 1. The lowest BCUT2D eigenvalue weighted by atomic mass is 9.79. The summed E-state index contributed by atoms with van der Waals surface area (Å²) in [7, 11) is -0.372. The molecule has 10 nitrogen and oxygen atoms in total. The van der Waals surface area contributed by atoms with Gasteiger partial charge in [-0.3, -0.25) is 0 Å². The second-order valence-corrected chi connectivity index (χ2v) is 17.8. The third kappa shape index (κ3) is 12.1. The summed E-state index contributed by atoms with van der Waals surface area (Å²) in [4.78, 5) is 11.7. The molecule has 1 amide bonds. The Hall–Kier alpha value is -4.31.